The van der Waals surface area contributed by atoms with E-state index in [1.54, 1.807) is 0 Å². The van der Waals surface area contributed by atoms with Gasteiger partial charge in [-0.2, -0.15) is 0 Å². The van der Waals surface area contributed by atoms with Gasteiger partial charge >= 0.3 is 0 Å². The van der Waals surface area contributed by atoms with Crippen LogP contribution >= 0.6 is 0 Å². The van der Waals surface area contributed by atoms with Crippen molar-refractivity contribution in [2.75, 3.05) is 13.2 Å². The average molecular weight is 198 g/mol. The largest absolute Gasteiger partial charge is 0.373 e. The van der Waals surface area contributed by atoms with Crippen molar-refractivity contribution in [3.63, 3.8) is 0 Å². The summed E-state index contributed by atoms with van der Waals surface area (Å²) < 4.78 is 11.6. The Labute approximate surface area is 87.0 Å². The van der Waals surface area contributed by atoms with Crippen LogP contribution in [0.5, 0.6) is 0 Å². The molecule has 4 atom stereocenters. The third-order valence-corrected chi connectivity index (χ3v) is 3.81. The summed E-state index contributed by atoms with van der Waals surface area (Å²) in [5, 5.41) is 0. The van der Waals surface area contributed by atoms with E-state index >= 15 is 0 Å². The highest BCUT2D eigenvalue weighted by atomic mass is 16.6. The van der Waals surface area contributed by atoms with Gasteiger partial charge in [0.15, 0.2) is 0 Å². The molecule has 0 bridgehead atoms. The van der Waals surface area contributed by atoms with Gasteiger partial charge in [-0.05, 0) is 30.6 Å². The maximum atomic E-state index is 5.81. The highest BCUT2D eigenvalue weighted by Gasteiger charge is 2.39. The number of rotatable bonds is 1. The monoisotopic (exact) mass is 198 g/mol. The molecule has 2 fully saturated rings. The predicted octanol–water partition coefficient (Wildman–Crippen LogP) is 2.47. The van der Waals surface area contributed by atoms with Crippen molar-refractivity contribution in [3.8, 4) is 0 Å². The van der Waals surface area contributed by atoms with E-state index in [4.69, 9.17) is 9.47 Å². The van der Waals surface area contributed by atoms with Gasteiger partial charge in [-0.25, -0.2) is 0 Å². The van der Waals surface area contributed by atoms with Gasteiger partial charge in [-0.1, -0.05) is 20.8 Å². The highest BCUT2D eigenvalue weighted by Crippen LogP contribution is 2.37. The van der Waals surface area contributed by atoms with Crippen LogP contribution in [0.1, 0.15) is 33.6 Å². The molecule has 0 aromatic carbocycles. The molecule has 0 aromatic heterocycles. The van der Waals surface area contributed by atoms with E-state index < -0.39 is 0 Å². The second-order valence-electron chi connectivity index (χ2n) is 5.20. The molecule has 2 rings (SSSR count). The summed E-state index contributed by atoms with van der Waals surface area (Å²) in [5.74, 6) is 2.28. The summed E-state index contributed by atoms with van der Waals surface area (Å²) in [5.41, 5.74) is 0. The van der Waals surface area contributed by atoms with Crippen LogP contribution in [-0.4, -0.2) is 25.4 Å². The molecule has 14 heavy (non-hydrogen) atoms. The minimum absolute atomic E-state index is 0.374. The van der Waals surface area contributed by atoms with Crippen molar-refractivity contribution in [2.24, 2.45) is 17.8 Å². The summed E-state index contributed by atoms with van der Waals surface area (Å²) in [6, 6.07) is 0. The molecule has 1 aliphatic carbocycles. The van der Waals surface area contributed by atoms with Crippen LogP contribution < -0.4 is 0 Å². The van der Waals surface area contributed by atoms with Crippen LogP contribution in [0.3, 0.4) is 0 Å². The predicted molar refractivity (Wildman–Crippen MR) is 56.2 cm³/mol. The molecule has 2 aliphatic rings. The molecule has 0 radical (unpaired) electrons. The van der Waals surface area contributed by atoms with Gasteiger partial charge in [-0.3, -0.25) is 0 Å². The molecular weight excluding hydrogens is 176 g/mol. The van der Waals surface area contributed by atoms with E-state index in [0.717, 1.165) is 25.0 Å². The van der Waals surface area contributed by atoms with Crippen LogP contribution in [0.15, 0.2) is 0 Å². The van der Waals surface area contributed by atoms with E-state index in [2.05, 4.69) is 20.8 Å². The zero-order valence-electron chi connectivity index (χ0n) is 9.53. The van der Waals surface area contributed by atoms with Gasteiger partial charge in [0.1, 0.15) is 0 Å². The van der Waals surface area contributed by atoms with Crippen molar-refractivity contribution in [3.05, 3.63) is 0 Å². The fourth-order valence-electron chi connectivity index (χ4n) is 2.87. The molecule has 82 valence electrons. The topological polar surface area (TPSA) is 18.5 Å². The standard InChI is InChI=1S/C12H22O2/c1-8(2)10-6-9(3)12-11(7-10)13-4-5-14-12/h8-12H,4-7H2,1-3H3. The molecule has 2 nitrogen and oxygen atoms in total. The van der Waals surface area contributed by atoms with Gasteiger partial charge in [-0.15, -0.1) is 0 Å². The van der Waals surface area contributed by atoms with Gasteiger partial charge in [0, 0.05) is 0 Å². The first-order valence-electron chi connectivity index (χ1n) is 5.91. The lowest BCUT2D eigenvalue weighted by molar-refractivity contribution is -0.182. The van der Waals surface area contributed by atoms with E-state index in [1.165, 1.54) is 12.8 Å². The Morgan fingerprint density at radius 2 is 1.79 bits per heavy atom. The maximum absolute atomic E-state index is 5.81. The molecule has 0 amide bonds. The van der Waals surface area contributed by atoms with Gasteiger partial charge < -0.3 is 9.47 Å². The molecule has 1 heterocycles. The third kappa shape index (κ3) is 1.96. The highest BCUT2D eigenvalue weighted by molar-refractivity contribution is 4.88. The van der Waals surface area contributed by atoms with E-state index in [1.807, 2.05) is 0 Å². The van der Waals surface area contributed by atoms with Crippen LogP contribution in [0.4, 0.5) is 0 Å². The summed E-state index contributed by atoms with van der Waals surface area (Å²) >= 11 is 0. The van der Waals surface area contributed by atoms with Gasteiger partial charge in [0.2, 0.25) is 0 Å². The van der Waals surface area contributed by atoms with Gasteiger partial charge in [0.05, 0.1) is 25.4 Å². The van der Waals surface area contributed by atoms with Crippen LogP contribution in [0.2, 0.25) is 0 Å². The molecule has 1 saturated carbocycles. The van der Waals surface area contributed by atoms with Crippen molar-refractivity contribution >= 4 is 0 Å². The van der Waals surface area contributed by atoms with Crippen molar-refractivity contribution in [2.45, 2.75) is 45.8 Å². The van der Waals surface area contributed by atoms with Crippen molar-refractivity contribution in [1.29, 1.82) is 0 Å². The summed E-state index contributed by atoms with van der Waals surface area (Å²) in [7, 11) is 0. The molecule has 1 saturated heterocycles. The Balaban J connectivity index is 2.00. The molecule has 4 unspecified atom stereocenters. The molecule has 0 aromatic rings. The lowest BCUT2D eigenvalue weighted by Crippen LogP contribution is -2.48. The molecule has 1 aliphatic heterocycles. The summed E-state index contributed by atoms with van der Waals surface area (Å²) in [6.45, 7) is 8.53. The van der Waals surface area contributed by atoms with Crippen molar-refractivity contribution in [1.82, 2.24) is 0 Å². The zero-order valence-corrected chi connectivity index (χ0v) is 9.53. The number of hydrogen-bond donors (Lipinski definition) is 0. The summed E-state index contributed by atoms with van der Waals surface area (Å²) in [6.07, 6.45) is 3.26. The SMILES string of the molecule is CC(C)C1CC(C)C2OCCOC2C1. The molecule has 0 spiro atoms. The van der Waals surface area contributed by atoms with Gasteiger partial charge in [0.25, 0.3) is 0 Å². The summed E-state index contributed by atoms with van der Waals surface area (Å²) in [4.78, 5) is 0. The zero-order chi connectivity index (χ0) is 10.1. The van der Waals surface area contributed by atoms with Crippen LogP contribution in [0.25, 0.3) is 0 Å². The Kier molecular flexibility index (Phi) is 3.13. The van der Waals surface area contributed by atoms with Crippen molar-refractivity contribution < 1.29 is 9.47 Å². The number of ether oxygens (including phenoxy) is 2. The number of fused-ring (bicyclic) bond motifs is 1. The maximum Gasteiger partial charge on any atom is 0.0863 e. The lowest BCUT2D eigenvalue weighted by atomic mass is 9.73. The minimum atomic E-state index is 0.374. The normalized spacial score (nSPS) is 43.7. The molecular formula is C12H22O2. The quantitative estimate of drug-likeness (QED) is 0.644. The van der Waals surface area contributed by atoms with Crippen LogP contribution in [0, 0.1) is 17.8 Å². The average Bonchev–Trinajstić information content (AvgIpc) is 2.17. The lowest BCUT2D eigenvalue weighted by Gasteiger charge is -2.43. The molecule has 2 heteroatoms. The Hall–Kier alpha value is -0.0800. The first-order chi connectivity index (χ1) is 6.68. The van der Waals surface area contributed by atoms with E-state index in [0.29, 0.717) is 18.1 Å². The first-order valence-corrected chi connectivity index (χ1v) is 5.91. The van der Waals surface area contributed by atoms with E-state index in [-0.39, 0.29) is 0 Å². The Morgan fingerprint density at radius 1 is 1.07 bits per heavy atom. The number of hydrogen-bond acceptors (Lipinski definition) is 2. The second-order valence-corrected chi connectivity index (χ2v) is 5.20. The fraction of sp³-hybridized carbons (Fsp3) is 1.00. The van der Waals surface area contributed by atoms with E-state index in [9.17, 15) is 0 Å². The minimum Gasteiger partial charge on any atom is -0.373 e. The van der Waals surface area contributed by atoms with Crippen LogP contribution in [-0.2, 0) is 9.47 Å². The Morgan fingerprint density at radius 3 is 2.50 bits per heavy atom. The fourth-order valence-corrected chi connectivity index (χ4v) is 2.87. The third-order valence-electron chi connectivity index (χ3n) is 3.81. The molecule has 0 N–H and O–H groups in total. The second kappa shape index (κ2) is 4.19. The Bertz CT molecular complexity index is 191. The smallest absolute Gasteiger partial charge is 0.0863 e. The first kappa shape index (κ1) is 10.4.